The minimum Gasteiger partial charge on any atom is -0.444 e. The summed E-state index contributed by atoms with van der Waals surface area (Å²) in [5.41, 5.74) is 0.841. The van der Waals surface area contributed by atoms with Crippen LogP contribution < -0.4 is 5.32 Å². The normalized spacial score (nSPS) is 16.5. The molecule has 0 unspecified atom stereocenters. The van der Waals surface area contributed by atoms with Gasteiger partial charge >= 0.3 is 6.09 Å². The van der Waals surface area contributed by atoms with Crippen LogP contribution in [0.25, 0.3) is 0 Å². The van der Waals surface area contributed by atoms with Gasteiger partial charge in [-0.1, -0.05) is 11.6 Å². The molecule has 0 saturated carbocycles. The van der Waals surface area contributed by atoms with Crippen LogP contribution in [0.3, 0.4) is 0 Å². The van der Waals surface area contributed by atoms with Crippen LogP contribution in [0.2, 0.25) is 0 Å². The van der Waals surface area contributed by atoms with Crippen molar-refractivity contribution in [3.63, 3.8) is 0 Å². The zero-order valence-electron chi connectivity index (χ0n) is 15.0. The first kappa shape index (κ1) is 19.0. The number of nitrogens with one attached hydrogen (secondary N) is 1. The summed E-state index contributed by atoms with van der Waals surface area (Å²) >= 11 is 0. The molecule has 128 valence electrons. The van der Waals surface area contributed by atoms with Crippen LogP contribution in [-0.4, -0.2) is 55.5 Å². The summed E-state index contributed by atoms with van der Waals surface area (Å²) in [7, 11) is 1.74. The van der Waals surface area contributed by atoms with Crippen LogP contribution in [0.4, 0.5) is 4.79 Å². The van der Waals surface area contributed by atoms with Gasteiger partial charge in [0.15, 0.2) is 0 Å². The van der Waals surface area contributed by atoms with Crippen molar-refractivity contribution < 1.29 is 14.3 Å². The third-order valence-corrected chi connectivity index (χ3v) is 3.76. The van der Waals surface area contributed by atoms with Crippen LogP contribution >= 0.6 is 0 Å². The van der Waals surface area contributed by atoms with Gasteiger partial charge in [0.25, 0.3) is 0 Å². The van der Waals surface area contributed by atoms with E-state index in [-0.39, 0.29) is 11.7 Å². The molecule has 0 spiro atoms. The Balaban J connectivity index is 2.29. The molecule has 0 saturated heterocycles. The van der Waals surface area contributed by atoms with Crippen molar-refractivity contribution in [1.29, 1.82) is 0 Å². The number of amides is 1. The molecule has 1 rings (SSSR count). The third-order valence-electron chi connectivity index (χ3n) is 3.76. The van der Waals surface area contributed by atoms with Gasteiger partial charge in [-0.15, -0.1) is 0 Å². The van der Waals surface area contributed by atoms with Crippen LogP contribution in [0.15, 0.2) is 11.6 Å². The first-order chi connectivity index (χ1) is 10.1. The van der Waals surface area contributed by atoms with Crippen LogP contribution in [0.5, 0.6) is 0 Å². The molecule has 0 radical (unpaired) electrons. The molecule has 1 amide bonds. The second-order valence-electron chi connectivity index (χ2n) is 7.43. The van der Waals surface area contributed by atoms with Crippen molar-refractivity contribution in [2.24, 2.45) is 0 Å². The van der Waals surface area contributed by atoms with Crippen molar-refractivity contribution in [1.82, 2.24) is 10.2 Å². The van der Waals surface area contributed by atoms with Crippen LogP contribution in [-0.2, 0) is 9.47 Å². The number of nitrogens with zero attached hydrogens (tertiary/aromatic N) is 1. The van der Waals surface area contributed by atoms with E-state index < -0.39 is 5.60 Å². The zero-order chi connectivity index (χ0) is 16.8. The topological polar surface area (TPSA) is 50.8 Å². The van der Waals surface area contributed by atoms with E-state index in [2.05, 4.69) is 25.2 Å². The molecular weight excluding hydrogens is 280 g/mol. The third kappa shape index (κ3) is 7.27. The molecule has 0 aromatic rings. The van der Waals surface area contributed by atoms with Crippen molar-refractivity contribution in [3.05, 3.63) is 11.6 Å². The van der Waals surface area contributed by atoms with E-state index in [1.54, 1.807) is 12.0 Å². The Bertz CT molecular complexity index is 397. The van der Waals surface area contributed by atoms with E-state index in [0.29, 0.717) is 6.54 Å². The second kappa shape index (κ2) is 7.97. The summed E-state index contributed by atoms with van der Waals surface area (Å²) in [6.07, 6.45) is 3.78. The lowest BCUT2D eigenvalue weighted by atomic mass is 10.0. The Hall–Kier alpha value is -1.07. The van der Waals surface area contributed by atoms with Gasteiger partial charge in [-0.2, -0.15) is 0 Å². The van der Waals surface area contributed by atoms with Gasteiger partial charge in [-0.3, -0.25) is 0 Å². The van der Waals surface area contributed by atoms with Crippen LogP contribution in [0, 0.1) is 0 Å². The van der Waals surface area contributed by atoms with Gasteiger partial charge in [0.1, 0.15) is 5.60 Å². The van der Waals surface area contributed by atoms with E-state index in [1.165, 1.54) is 5.57 Å². The molecule has 0 aromatic carbocycles. The van der Waals surface area contributed by atoms with Gasteiger partial charge in [0.2, 0.25) is 0 Å². The fourth-order valence-electron chi connectivity index (χ4n) is 2.10. The van der Waals surface area contributed by atoms with Gasteiger partial charge in [-0.25, -0.2) is 4.79 Å². The molecule has 1 N–H and O–H groups in total. The smallest absolute Gasteiger partial charge is 0.410 e. The molecule has 22 heavy (non-hydrogen) atoms. The van der Waals surface area contributed by atoms with E-state index >= 15 is 0 Å². The second-order valence-corrected chi connectivity index (χ2v) is 7.43. The molecule has 0 atom stereocenters. The zero-order valence-corrected chi connectivity index (χ0v) is 15.0. The van der Waals surface area contributed by atoms with E-state index in [4.69, 9.17) is 9.47 Å². The monoisotopic (exact) mass is 312 g/mol. The Labute approximate surface area is 135 Å². The van der Waals surface area contributed by atoms with E-state index in [0.717, 1.165) is 32.5 Å². The average Bonchev–Trinajstić information content (AvgIpc) is 2.42. The van der Waals surface area contributed by atoms with Gasteiger partial charge in [-0.05, 0) is 54.0 Å². The lowest BCUT2D eigenvalue weighted by molar-refractivity contribution is 0.0159. The van der Waals surface area contributed by atoms with Crippen molar-refractivity contribution in [2.45, 2.75) is 58.7 Å². The number of carbonyl (C=O) groups is 1. The standard InChI is InChI=1S/C17H32N2O3/c1-16(2,3)22-15(20)19-11-7-14(8-12-19)13-18-10-9-17(4,5)21-6/h7,18H,8-13H2,1-6H3. The van der Waals surface area contributed by atoms with Crippen LogP contribution in [0.1, 0.15) is 47.5 Å². The predicted octanol–water partition coefficient (Wildman–Crippen LogP) is 2.96. The Morgan fingerprint density at radius 3 is 2.50 bits per heavy atom. The number of hydrogen-bond donors (Lipinski definition) is 1. The summed E-state index contributed by atoms with van der Waals surface area (Å²) in [5, 5.41) is 3.44. The molecule has 0 aliphatic carbocycles. The summed E-state index contributed by atoms with van der Waals surface area (Å²) in [6, 6.07) is 0. The lowest BCUT2D eigenvalue weighted by Gasteiger charge is -2.29. The maximum absolute atomic E-state index is 12.0. The SMILES string of the molecule is COC(C)(C)CCNCC1=CCN(C(=O)OC(C)(C)C)CC1. The number of hydrogen-bond acceptors (Lipinski definition) is 4. The number of carbonyl (C=O) groups excluding carboxylic acids is 1. The Morgan fingerprint density at radius 2 is 2.00 bits per heavy atom. The number of rotatable bonds is 6. The first-order valence-corrected chi connectivity index (χ1v) is 8.05. The van der Waals surface area contributed by atoms with Crippen molar-refractivity contribution in [2.75, 3.05) is 33.3 Å². The molecule has 5 heteroatoms. The fourth-order valence-corrected chi connectivity index (χ4v) is 2.10. The van der Waals surface area contributed by atoms with E-state index in [9.17, 15) is 4.79 Å². The highest BCUT2D eigenvalue weighted by Crippen LogP contribution is 2.15. The summed E-state index contributed by atoms with van der Waals surface area (Å²) in [6.45, 7) is 13.0. The minimum absolute atomic E-state index is 0.0819. The Morgan fingerprint density at radius 1 is 1.32 bits per heavy atom. The predicted molar refractivity (Wildman–Crippen MR) is 89.1 cm³/mol. The molecule has 0 fully saturated rings. The van der Waals surface area contributed by atoms with Gasteiger partial charge in [0.05, 0.1) is 5.60 Å². The van der Waals surface area contributed by atoms with E-state index in [1.807, 2.05) is 20.8 Å². The quantitative estimate of drug-likeness (QED) is 0.605. The summed E-state index contributed by atoms with van der Waals surface area (Å²) < 4.78 is 10.8. The molecule has 0 bridgehead atoms. The highest BCUT2D eigenvalue weighted by atomic mass is 16.6. The van der Waals surface area contributed by atoms with Crippen molar-refractivity contribution in [3.8, 4) is 0 Å². The van der Waals surface area contributed by atoms with Gasteiger partial charge in [0, 0.05) is 26.7 Å². The number of methoxy groups -OCH3 is 1. The average molecular weight is 312 g/mol. The lowest BCUT2D eigenvalue weighted by Crippen LogP contribution is -2.40. The number of ether oxygens (including phenoxy) is 2. The molecular formula is C17H32N2O3. The molecule has 1 aliphatic heterocycles. The minimum atomic E-state index is -0.434. The molecule has 0 aromatic heterocycles. The summed E-state index contributed by atoms with van der Waals surface area (Å²) in [5.74, 6) is 0. The molecule has 5 nitrogen and oxygen atoms in total. The summed E-state index contributed by atoms with van der Waals surface area (Å²) in [4.78, 5) is 13.7. The molecule has 1 aliphatic rings. The molecule has 1 heterocycles. The maximum atomic E-state index is 12.0. The highest BCUT2D eigenvalue weighted by Gasteiger charge is 2.23. The fraction of sp³-hybridized carbons (Fsp3) is 0.824. The highest BCUT2D eigenvalue weighted by molar-refractivity contribution is 5.68. The Kier molecular flexibility index (Phi) is 6.88. The largest absolute Gasteiger partial charge is 0.444 e. The first-order valence-electron chi connectivity index (χ1n) is 8.05. The maximum Gasteiger partial charge on any atom is 0.410 e. The van der Waals surface area contributed by atoms with Crippen molar-refractivity contribution >= 4 is 6.09 Å². The van der Waals surface area contributed by atoms with Gasteiger partial charge < -0.3 is 19.7 Å².